The van der Waals surface area contributed by atoms with Gasteiger partial charge >= 0.3 is 0 Å². The Labute approximate surface area is 116 Å². The standard InChI is InChI=1S/C14H23NO2.ClH/c1-5-14(17,11(2)10-15(3)4)12-7-6-8-13(16)9-12;/h6-9,11,16-17H,5,10H2,1-4H3;1H/t11-,14+;/m0./s1. The second kappa shape index (κ2) is 6.98. The fraction of sp³-hybridized carbons (Fsp3) is 0.571. The highest BCUT2D eigenvalue weighted by Gasteiger charge is 2.34. The first-order chi connectivity index (χ1) is 7.90. The predicted molar refractivity (Wildman–Crippen MR) is 77.3 cm³/mol. The second-order valence-corrected chi connectivity index (χ2v) is 4.99. The van der Waals surface area contributed by atoms with E-state index in [-0.39, 0.29) is 24.1 Å². The molecule has 0 unspecified atom stereocenters. The lowest BCUT2D eigenvalue weighted by Crippen LogP contribution is -2.38. The predicted octanol–water partition coefficient (Wildman–Crippen LogP) is 2.61. The number of phenolic OH excluding ortho intramolecular Hbond substituents is 1. The maximum absolute atomic E-state index is 10.8. The van der Waals surface area contributed by atoms with Gasteiger partial charge in [-0.05, 0) is 38.2 Å². The highest BCUT2D eigenvalue weighted by Crippen LogP contribution is 2.34. The third-order valence-corrected chi connectivity index (χ3v) is 3.34. The van der Waals surface area contributed by atoms with Crippen molar-refractivity contribution in [1.82, 2.24) is 4.90 Å². The molecule has 0 heterocycles. The molecule has 1 aromatic carbocycles. The number of halogens is 1. The van der Waals surface area contributed by atoms with E-state index in [1.807, 2.05) is 34.0 Å². The Kier molecular flexibility index (Phi) is 6.68. The van der Waals surface area contributed by atoms with Crippen LogP contribution in [-0.4, -0.2) is 35.8 Å². The summed E-state index contributed by atoms with van der Waals surface area (Å²) in [5, 5.41) is 20.3. The van der Waals surface area contributed by atoms with Gasteiger partial charge < -0.3 is 15.1 Å². The summed E-state index contributed by atoms with van der Waals surface area (Å²) in [6.07, 6.45) is 0.630. The highest BCUT2D eigenvalue weighted by molar-refractivity contribution is 5.85. The molecule has 104 valence electrons. The molecule has 0 saturated heterocycles. The lowest BCUT2D eigenvalue weighted by Gasteiger charge is -2.35. The maximum atomic E-state index is 10.8. The Bertz CT molecular complexity index is 371. The minimum atomic E-state index is -0.886. The van der Waals surface area contributed by atoms with Crippen LogP contribution in [0, 0.1) is 5.92 Å². The van der Waals surface area contributed by atoms with Crippen LogP contribution in [0.5, 0.6) is 5.75 Å². The molecule has 0 aliphatic carbocycles. The van der Waals surface area contributed by atoms with Gasteiger partial charge in [-0.15, -0.1) is 12.4 Å². The Morgan fingerprint density at radius 1 is 1.33 bits per heavy atom. The zero-order valence-corrected chi connectivity index (χ0v) is 12.4. The zero-order valence-electron chi connectivity index (χ0n) is 11.6. The van der Waals surface area contributed by atoms with Crippen LogP contribution in [0.2, 0.25) is 0 Å². The molecule has 0 fully saturated rings. The van der Waals surface area contributed by atoms with Crippen molar-refractivity contribution in [3.05, 3.63) is 29.8 Å². The minimum Gasteiger partial charge on any atom is -0.508 e. The van der Waals surface area contributed by atoms with Crippen molar-refractivity contribution in [3.63, 3.8) is 0 Å². The minimum absolute atomic E-state index is 0. The fourth-order valence-corrected chi connectivity index (χ4v) is 2.31. The average Bonchev–Trinajstić information content (AvgIpc) is 2.27. The van der Waals surface area contributed by atoms with Crippen LogP contribution in [0.25, 0.3) is 0 Å². The fourth-order valence-electron chi connectivity index (χ4n) is 2.31. The molecular formula is C14H24ClNO2. The van der Waals surface area contributed by atoms with Crippen molar-refractivity contribution in [3.8, 4) is 5.75 Å². The summed E-state index contributed by atoms with van der Waals surface area (Å²) in [4.78, 5) is 2.06. The number of benzene rings is 1. The van der Waals surface area contributed by atoms with Gasteiger partial charge in [0.1, 0.15) is 5.75 Å². The Morgan fingerprint density at radius 3 is 2.39 bits per heavy atom. The SMILES string of the molecule is CC[C@](O)(c1cccc(O)c1)[C@@H](C)CN(C)C.Cl. The normalized spacial score (nSPS) is 15.9. The molecule has 0 aliphatic rings. The van der Waals surface area contributed by atoms with E-state index in [4.69, 9.17) is 0 Å². The van der Waals surface area contributed by atoms with Crippen molar-refractivity contribution in [1.29, 1.82) is 0 Å². The van der Waals surface area contributed by atoms with Crippen molar-refractivity contribution in [2.45, 2.75) is 25.9 Å². The molecule has 0 bridgehead atoms. The van der Waals surface area contributed by atoms with E-state index in [1.54, 1.807) is 18.2 Å². The molecule has 4 heteroatoms. The summed E-state index contributed by atoms with van der Waals surface area (Å²) in [6.45, 7) is 4.81. The van der Waals surface area contributed by atoms with Crippen LogP contribution < -0.4 is 0 Å². The summed E-state index contributed by atoms with van der Waals surface area (Å²) in [5.41, 5.74) is -0.0995. The van der Waals surface area contributed by atoms with E-state index in [0.717, 1.165) is 12.1 Å². The molecule has 0 saturated carbocycles. The Morgan fingerprint density at radius 2 is 1.94 bits per heavy atom. The van der Waals surface area contributed by atoms with Gasteiger partial charge in [0, 0.05) is 12.5 Å². The van der Waals surface area contributed by atoms with Crippen molar-refractivity contribution >= 4 is 12.4 Å². The summed E-state index contributed by atoms with van der Waals surface area (Å²) >= 11 is 0. The first kappa shape index (κ1) is 17.2. The van der Waals surface area contributed by atoms with Crippen LogP contribution in [0.4, 0.5) is 0 Å². The largest absolute Gasteiger partial charge is 0.508 e. The molecule has 2 N–H and O–H groups in total. The van der Waals surface area contributed by atoms with Crippen molar-refractivity contribution in [2.75, 3.05) is 20.6 Å². The van der Waals surface area contributed by atoms with Crippen LogP contribution >= 0.6 is 12.4 Å². The molecule has 1 rings (SSSR count). The number of hydrogen-bond donors (Lipinski definition) is 2. The van der Waals surface area contributed by atoms with E-state index in [9.17, 15) is 10.2 Å². The third-order valence-electron chi connectivity index (χ3n) is 3.34. The molecule has 0 aliphatic heterocycles. The monoisotopic (exact) mass is 273 g/mol. The second-order valence-electron chi connectivity index (χ2n) is 4.99. The molecule has 0 spiro atoms. The highest BCUT2D eigenvalue weighted by atomic mass is 35.5. The number of rotatable bonds is 5. The summed E-state index contributed by atoms with van der Waals surface area (Å²) in [5.74, 6) is 0.302. The van der Waals surface area contributed by atoms with Gasteiger partial charge in [-0.2, -0.15) is 0 Å². The Balaban J connectivity index is 0.00000289. The van der Waals surface area contributed by atoms with Crippen LogP contribution in [-0.2, 0) is 5.60 Å². The van der Waals surface area contributed by atoms with Crippen molar-refractivity contribution < 1.29 is 10.2 Å². The number of phenols is 1. The van der Waals surface area contributed by atoms with Gasteiger partial charge in [-0.3, -0.25) is 0 Å². The van der Waals surface area contributed by atoms with Gasteiger partial charge in [-0.1, -0.05) is 26.0 Å². The maximum Gasteiger partial charge on any atom is 0.115 e. The van der Waals surface area contributed by atoms with E-state index in [2.05, 4.69) is 4.90 Å². The van der Waals surface area contributed by atoms with Gasteiger partial charge in [0.15, 0.2) is 0 Å². The topological polar surface area (TPSA) is 43.7 Å². The summed E-state index contributed by atoms with van der Waals surface area (Å²) in [6, 6.07) is 6.91. The Hall–Kier alpha value is -0.770. The lowest BCUT2D eigenvalue weighted by molar-refractivity contribution is -0.0293. The summed E-state index contributed by atoms with van der Waals surface area (Å²) in [7, 11) is 3.99. The molecule has 0 radical (unpaired) electrons. The summed E-state index contributed by atoms with van der Waals surface area (Å²) < 4.78 is 0. The van der Waals surface area contributed by atoms with Gasteiger partial charge in [0.2, 0.25) is 0 Å². The number of aromatic hydroxyl groups is 1. The number of aliphatic hydroxyl groups is 1. The molecular weight excluding hydrogens is 250 g/mol. The number of hydrogen-bond acceptors (Lipinski definition) is 3. The van der Waals surface area contributed by atoms with Gasteiger partial charge in [-0.25, -0.2) is 0 Å². The average molecular weight is 274 g/mol. The van der Waals surface area contributed by atoms with E-state index < -0.39 is 5.60 Å². The molecule has 2 atom stereocenters. The number of nitrogens with zero attached hydrogens (tertiary/aromatic N) is 1. The van der Waals surface area contributed by atoms with Gasteiger partial charge in [0.05, 0.1) is 5.60 Å². The molecule has 0 amide bonds. The van der Waals surface area contributed by atoms with Crippen molar-refractivity contribution in [2.24, 2.45) is 5.92 Å². The quantitative estimate of drug-likeness (QED) is 0.867. The van der Waals surface area contributed by atoms with Crippen LogP contribution in [0.15, 0.2) is 24.3 Å². The molecule has 18 heavy (non-hydrogen) atoms. The van der Waals surface area contributed by atoms with Gasteiger partial charge in [0.25, 0.3) is 0 Å². The van der Waals surface area contributed by atoms with Crippen LogP contribution in [0.3, 0.4) is 0 Å². The smallest absolute Gasteiger partial charge is 0.115 e. The third kappa shape index (κ3) is 3.87. The van der Waals surface area contributed by atoms with Crippen LogP contribution in [0.1, 0.15) is 25.8 Å². The van der Waals surface area contributed by atoms with E-state index in [0.29, 0.717) is 6.42 Å². The zero-order chi connectivity index (χ0) is 13.1. The van der Waals surface area contributed by atoms with E-state index in [1.165, 1.54) is 0 Å². The molecule has 3 nitrogen and oxygen atoms in total. The lowest BCUT2D eigenvalue weighted by atomic mass is 9.80. The molecule has 1 aromatic rings. The first-order valence-corrected chi connectivity index (χ1v) is 6.06. The first-order valence-electron chi connectivity index (χ1n) is 6.06. The molecule has 0 aromatic heterocycles. The van der Waals surface area contributed by atoms with E-state index >= 15 is 0 Å².